The van der Waals surface area contributed by atoms with E-state index < -0.39 is 5.82 Å². The van der Waals surface area contributed by atoms with Gasteiger partial charge < -0.3 is 9.94 Å². The number of hydrogen-bond acceptors (Lipinski definition) is 3. The second-order valence-electron chi connectivity index (χ2n) is 2.56. The van der Waals surface area contributed by atoms with Gasteiger partial charge in [0.1, 0.15) is 0 Å². The predicted molar refractivity (Wildman–Crippen MR) is 56.8 cm³/mol. The van der Waals surface area contributed by atoms with Gasteiger partial charge in [-0.15, -0.1) is 0 Å². The van der Waals surface area contributed by atoms with Crippen molar-refractivity contribution in [3.8, 4) is 5.75 Å². The molecule has 0 heterocycles. The van der Waals surface area contributed by atoms with Crippen LogP contribution in [0.1, 0.15) is 12.5 Å². The lowest BCUT2D eigenvalue weighted by atomic mass is 10.2. The summed E-state index contributed by atoms with van der Waals surface area (Å²) in [5.41, 5.74) is -0.0629. The maximum Gasteiger partial charge on any atom is 0.178 e. The molecule has 82 valence electrons. The Kier molecular flexibility index (Phi) is 4.17. The number of ether oxygens (including phenoxy) is 1. The molecule has 0 radical (unpaired) electrons. The summed E-state index contributed by atoms with van der Waals surface area (Å²) in [6, 6.07) is 2.72. The fraction of sp³-hybridized carbons (Fsp3) is 0.222. The van der Waals surface area contributed by atoms with E-state index in [0.717, 1.165) is 0 Å². The van der Waals surface area contributed by atoms with E-state index in [4.69, 9.17) is 33.1 Å². The van der Waals surface area contributed by atoms with Crippen molar-refractivity contribution >= 4 is 28.4 Å². The Hall–Kier alpha value is -1.00. The Balaban J connectivity index is 3.28. The Bertz CT molecular complexity index is 396. The van der Waals surface area contributed by atoms with Crippen LogP contribution in [-0.2, 0) is 0 Å². The molecule has 0 atom stereocenters. The number of benzene rings is 1. The average molecular weight is 252 g/mol. The number of halogens is 3. The van der Waals surface area contributed by atoms with E-state index in [1.807, 2.05) is 0 Å². The van der Waals surface area contributed by atoms with Gasteiger partial charge in [-0.1, -0.05) is 28.4 Å². The van der Waals surface area contributed by atoms with Gasteiger partial charge in [-0.25, -0.2) is 4.39 Å². The summed E-state index contributed by atoms with van der Waals surface area (Å²) >= 11 is 11.2. The van der Waals surface area contributed by atoms with E-state index >= 15 is 0 Å². The van der Waals surface area contributed by atoms with Crippen LogP contribution >= 0.6 is 23.2 Å². The molecule has 0 unspecified atom stereocenters. The van der Waals surface area contributed by atoms with Crippen molar-refractivity contribution in [3.05, 3.63) is 28.5 Å². The van der Waals surface area contributed by atoms with Crippen molar-refractivity contribution in [1.82, 2.24) is 0 Å². The summed E-state index contributed by atoms with van der Waals surface area (Å²) in [7, 11) is 0. The third kappa shape index (κ3) is 2.52. The van der Waals surface area contributed by atoms with Gasteiger partial charge in [-0.3, -0.25) is 0 Å². The van der Waals surface area contributed by atoms with E-state index in [1.54, 1.807) is 6.92 Å². The van der Waals surface area contributed by atoms with Gasteiger partial charge in [0.05, 0.1) is 17.2 Å². The highest BCUT2D eigenvalue weighted by molar-refractivity contribution is 6.69. The third-order valence-electron chi connectivity index (χ3n) is 1.65. The van der Waals surface area contributed by atoms with E-state index in [2.05, 4.69) is 5.16 Å². The number of nitrogens with zero attached hydrogens (tertiary/aromatic N) is 1. The van der Waals surface area contributed by atoms with E-state index in [-0.39, 0.29) is 28.1 Å². The van der Waals surface area contributed by atoms with Crippen LogP contribution in [0.5, 0.6) is 5.75 Å². The molecule has 0 fully saturated rings. The first-order valence-electron chi connectivity index (χ1n) is 4.10. The van der Waals surface area contributed by atoms with Gasteiger partial charge in [0, 0.05) is 0 Å². The largest absolute Gasteiger partial charge is 0.489 e. The minimum atomic E-state index is -0.743. The first kappa shape index (κ1) is 12.1. The fourth-order valence-electron chi connectivity index (χ4n) is 1.02. The molecule has 0 aromatic heterocycles. The third-order valence-corrected chi connectivity index (χ3v) is 2.22. The molecule has 0 aliphatic heterocycles. The van der Waals surface area contributed by atoms with Gasteiger partial charge >= 0.3 is 0 Å². The standard InChI is InChI=1S/C9H8Cl2FNO2/c1-2-15-8-6(10)4-3-5(7(8)12)9(11)13-14/h3-4,14H,2H2,1H3. The molecule has 0 bridgehead atoms. The summed E-state index contributed by atoms with van der Waals surface area (Å²) in [5.74, 6) is -0.842. The maximum atomic E-state index is 13.7. The van der Waals surface area contributed by atoms with Crippen molar-refractivity contribution in [2.75, 3.05) is 6.61 Å². The summed E-state index contributed by atoms with van der Waals surface area (Å²) in [6.07, 6.45) is 0. The molecule has 1 rings (SSSR count). The Morgan fingerprint density at radius 3 is 2.80 bits per heavy atom. The van der Waals surface area contributed by atoms with Crippen LogP contribution in [0.3, 0.4) is 0 Å². The van der Waals surface area contributed by atoms with Crippen molar-refractivity contribution in [2.45, 2.75) is 6.92 Å². The highest BCUT2D eigenvalue weighted by Crippen LogP contribution is 2.30. The normalized spacial score (nSPS) is 11.6. The minimum Gasteiger partial charge on any atom is -0.489 e. The van der Waals surface area contributed by atoms with E-state index in [0.29, 0.717) is 0 Å². The molecule has 0 aliphatic carbocycles. The Labute approximate surface area is 96.1 Å². The first-order valence-corrected chi connectivity index (χ1v) is 4.86. The highest BCUT2D eigenvalue weighted by atomic mass is 35.5. The quantitative estimate of drug-likeness (QED) is 0.509. The van der Waals surface area contributed by atoms with Crippen molar-refractivity contribution in [3.63, 3.8) is 0 Å². The van der Waals surface area contributed by atoms with Crippen LogP contribution in [0.25, 0.3) is 0 Å². The molecule has 1 aromatic rings. The number of oxime groups is 1. The van der Waals surface area contributed by atoms with E-state index in [1.165, 1.54) is 12.1 Å². The van der Waals surface area contributed by atoms with Crippen LogP contribution in [0, 0.1) is 5.82 Å². The van der Waals surface area contributed by atoms with Gasteiger partial charge in [-0.05, 0) is 19.1 Å². The zero-order chi connectivity index (χ0) is 11.4. The van der Waals surface area contributed by atoms with Crippen molar-refractivity contribution in [1.29, 1.82) is 0 Å². The predicted octanol–water partition coefficient (Wildman–Crippen LogP) is 3.25. The summed E-state index contributed by atoms with van der Waals surface area (Å²) in [5, 5.41) is 10.9. The molecule has 0 spiro atoms. The summed E-state index contributed by atoms with van der Waals surface area (Å²) in [6.45, 7) is 1.97. The second-order valence-corrected chi connectivity index (χ2v) is 3.33. The molecule has 0 saturated heterocycles. The first-order chi connectivity index (χ1) is 7.11. The van der Waals surface area contributed by atoms with Crippen molar-refractivity contribution in [2.24, 2.45) is 5.16 Å². The van der Waals surface area contributed by atoms with E-state index in [9.17, 15) is 4.39 Å². The van der Waals surface area contributed by atoms with Gasteiger partial charge in [0.25, 0.3) is 0 Å². The molecule has 1 aromatic carbocycles. The average Bonchev–Trinajstić information content (AvgIpc) is 2.23. The van der Waals surface area contributed by atoms with Crippen LogP contribution in [0.4, 0.5) is 4.39 Å². The van der Waals surface area contributed by atoms with Crippen LogP contribution in [0.15, 0.2) is 17.3 Å². The second kappa shape index (κ2) is 5.19. The Morgan fingerprint density at radius 2 is 2.27 bits per heavy atom. The number of hydrogen-bond donors (Lipinski definition) is 1. The molecule has 0 amide bonds. The minimum absolute atomic E-state index is 0.0629. The van der Waals surface area contributed by atoms with Gasteiger partial charge in [-0.2, -0.15) is 0 Å². The molecule has 3 nitrogen and oxygen atoms in total. The molecule has 0 aliphatic rings. The topological polar surface area (TPSA) is 41.8 Å². The lowest BCUT2D eigenvalue weighted by Gasteiger charge is -2.09. The lowest BCUT2D eigenvalue weighted by Crippen LogP contribution is -2.02. The SMILES string of the molecule is CCOc1c(Cl)ccc(C(Cl)=NO)c1F. The molecule has 0 saturated carbocycles. The zero-order valence-electron chi connectivity index (χ0n) is 7.80. The van der Waals surface area contributed by atoms with Crippen LogP contribution in [0.2, 0.25) is 5.02 Å². The zero-order valence-corrected chi connectivity index (χ0v) is 9.31. The number of rotatable bonds is 3. The molecular weight excluding hydrogens is 244 g/mol. The molecular formula is C9H8Cl2FNO2. The fourth-order valence-corrected chi connectivity index (χ4v) is 1.37. The highest BCUT2D eigenvalue weighted by Gasteiger charge is 2.16. The van der Waals surface area contributed by atoms with Crippen LogP contribution in [-0.4, -0.2) is 17.0 Å². The maximum absolute atomic E-state index is 13.7. The monoisotopic (exact) mass is 251 g/mol. The smallest absolute Gasteiger partial charge is 0.178 e. The molecule has 15 heavy (non-hydrogen) atoms. The van der Waals surface area contributed by atoms with Gasteiger partial charge in [0.15, 0.2) is 16.7 Å². The molecule has 1 N–H and O–H groups in total. The lowest BCUT2D eigenvalue weighted by molar-refractivity contribution is 0.317. The van der Waals surface area contributed by atoms with Crippen molar-refractivity contribution < 1.29 is 14.3 Å². The Morgan fingerprint density at radius 1 is 1.60 bits per heavy atom. The van der Waals surface area contributed by atoms with Gasteiger partial charge in [0.2, 0.25) is 0 Å². The summed E-state index contributed by atoms with van der Waals surface area (Å²) < 4.78 is 18.7. The van der Waals surface area contributed by atoms with Crippen LogP contribution < -0.4 is 4.74 Å². The molecule has 6 heteroatoms. The summed E-state index contributed by atoms with van der Waals surface area (Å²) in [4.78, 5) is 0.